The molecule has 0 bridgehead atoms. The molecule has 1 aliphatic carbocycles. The van der Waals surface area contributed by atoms with Crippen molar-refractivity contribution in [3.05, 3.63) is 69.6 Å². The lowest BCUT2D eigenvalue weighted by Crippen LogP contribution is -2.28. The summed E-state index contributed by atoms with van der Waals surface area (Å²) in [6, 6.07) is 11.7. The Labute approximate surface area is 149 Å². The molecule has 2 heterocycles. The minimum Gasteiger partial charge on any atom is -0.505 e. The Hall–Kier alpha value is -3.15. The maximum absolute atomic E-state index is 12.7. The number of aromatic nitrogens is 2. The highest BCUT2D eigenvalue weighted by molar-refractivity contribution is 5.97. The average molecular weight is 350 g/mol. The third-order valence-electron chi connectivity index (χ3n) is 4.74. The number of fused-ring (bicyclic) bond motifs is 1. The van der Waals surface area contributed by atoms with Gasteiger partial charge < -0.3 is 14.8 Å². The van der Waals surface area contributed by atoms with Crippen molar-refractivity contribution in [2.75, 3.05) is 0 Å². The molecule has 1 aliphatic rings. The monoisotopic (exact) mass is 350 g/mol. The fourth-order valence-electron chi connectivity index (χ4n) is 3.21. The SMILES string of the molecule is O=C(O)c1c(O)c2ncc(Cc3ccccc3)cc2n(CC2CC2)c1=O. The molecule has 1 fully saturated rings. The number of benzene rings is 1. The maximum atomic E-state index is 12.7. The molecule has 26 heavy (non-hydrogen) atoms. The van der Waals surface area contributed by atoms with Gasteiger partial charge in [-0.15, -0.1) is 0 Å². The molecule has 0 aliphatic heterocycles. The van der Waals surface area contributed by atoms with Gasteiger partial charge in [0.2, 0.25) is 0 Å². The van der Waals surface area contributed by atoms with Gasteiger partial charge in [-0.05, 0) is 42.4 Å². The first kappa shape index (κ1) is 16.3. The highest BCUT2D eigenvalue weighted by Gasteiger charge is 2.27. The standard InChI is InChI=1S/C20H18N2O4/c23-18-16(20(25)26)19(24)22(11-13-6-7-13)15-9-14(10-21-17(15)18)8-12-4-2-1-3-5-12/h1-5,9-10,13,23H,6-8,11H2,(H,25,26). The summed E-state index contributed by atoms with van der Waals surface area (Å²) >= 11 is 0. The molecule has 2 aromatic heterocycles. The number of carboxylic acid groups (broad SMARTS) is 1. The van der Waals surface area contributed by atoms with E-state index < -0.39 is 22.8 Å². The van der Waals surface area contributed by atoms with Gasteiger partial charge in [-0.3, -0.25) is 9.78 Å². The lowest BCUT2D eigenvalue weighted by molar-refractivity contribution is 0.0691. The molecule has 4 rings (SSSR count). The second-order valence-electron chi connectivity index (χ2n) is 6.76. The molecule has 3 aromatic rings. The smallest absolute Gasteiger partial charge is 0.345 e. The minimum atomic E-state index is -1.44. The molecule has 1 saturated carbocycles. The second-order valence-corrected chi connectivity index (χ2v) is 6.76. The zero-order valence-corrected chi connectivity index (χ0v) is 14.1. The topological polar surface area (TPSA) is 92.4 Å². The van der Waals surface area contributed by atoms with Gasteiger partial charge in [0.1, 0.15) is 5.52 Å². The summed E-state index contributed by atoms with van der Waals surface area (Å²) in [5, 5.41) is 19.6. The van der Waals surface area contributed by atoms with Crippen molar-refractivity contribution in [2.24, 2.45) is 5.92 Å². The predicted molar refractivity (Wildman–Crippen MR) is 96.6 cm³/mol. The quantitative estimate of drug-likeness (QED) is 0.738. The van der Waals surface area contributed by atoms with Crippen LogP contribution in [-0.2, 0) is 13.0 Å². The molecule has 132 valence electrons. The van der Waals surface area contributed by atoms with Crippen molar-refractivity contribution in [3.8, 4) is 5.75 Å². The summed E-state index contributed by atoms with van der Waals surface area (Å²) < 4.78 is 1.46. The van der Waals surface area contributed by atoms with Gasteiger partial charge in [0.05, 0.1) is 5.52 Å². The van der Waals surface area contributed by atoms with Gasteiger partial charge in [0.25, 0.3) is 5.56 Å². The summed E-state index contributed by atoms with van der Waals surface area (Å²) in [6.07, 6.45) is 4.30. The van der Waals surface area contributed by atoms with Crippen LogP contribution in [0, 0.1) is 5.92 Å². The molecule has 0 amide bonds. The van der Waals surface area contributed by atoms with Gasteiger partial charge in [-0.1, -0.05) is 30.3 Å². The Morgan fingerprint density at radius 3 is 2.58 bits per heavy atom. The van der Waals surface area contributed by atoms with E-state index >= 15 is 0 Å². The van der Waals surface area contributed by atoms with Crippen LogP contribution in [0.1, 0.15) is 34.3 Å². The molecular formula is C20H18N2O4. The Morgan fingerprint density at radius 2 is 1.92 bits per heavy atom. The summed E-state index contributed by atoms with van der Waals surface area (Å²) in [4.78, 5) is 28.4. The molecule has 1 aromatic carbocycles. The first-order valence-electron chi connectivity index (χ1n) is 8.56. The van der Waals surface area contributed by atoms with Crippen molar-refractivity contribution in [2.45, 2.75) is 25.8 Å². The van der Waals surface area contributed by atoms with E-state index in [1.807, 2.05) is 36.4 Å². The van der Waals surface area contributed by atoms with Crippen molar-refractivity contribution in [1.82, 2.24) is 9.55 Å². The van der Waals surface area contributed by atoms with Crippen molar-refractivity contribution < 1.29 is 15.0 Å². The number of rotatable bonds is 5. The van der Waals surface area contributed by atoms with Crippen LogP contribution >= 0.6 is 0 Å². The number of carboxylic acids is 1. The molecule has 6 heteroatoms. The highest BCUT2D eigenvalue weighted by atomic mass is 16.4. The van der Waals surface area contributed by atoms with Crippen LogP contribution in [-0.4, -0.2) is 25.7 Å². The summed E-state index contributed by atoms with van der Waals surface area (Å²) in [5.41, 5.74) is 1.36. The molecule has 0 unspecified atom stereocenters. The third-order valence-corrected chi connectivity index (χ3v) is 4.74. The summed E-state index contributed by atoms with van der Waals surface area (Å²) in [7, 11) is 0. The van der Waals surface area contributed by atoms with Crippen LogP contribution in [0.15, 0.2) is 47.4 Å². The number of hydrogen-bond acceptors (Lipinski definition) is 4. The van der Waals surface area contributed by atoms with E-state index in [1.54, 1.807) is 6.20 Å². The van der Waals surface area contributed by atoms with E-state index in [1.165, 1.54) is 4.57 Å². The van der Waals surface area contributed by atoms with E-state index in [4.69, 9.17) is 0 Å². The molecule has 0 atom stereocenters. The summed E-state index contributed by atoms with van der Waals surface area (Å²) in [5.74, 6) is -1.62. The number of pyridine rings is 2. The number of hydrogen-bond donors (Lipinski definition) is 2. The molecule has 0 saturated heterocycles. The molecule has 0 spiro atoms. The maximum Gasteiger partial charge on any atom is 0.345 e. The van der Waals surface area contributed by atoms with Crippen molar-refractivity contribution in [3.63, 3.8) is 0 Å². The zero-order chi connectivity index (χ0) is 18.3. The van der Waals surface area contributed by atoms with Gasteiger partial charge in [-0.2, -0.15) is 0 Å². The van der Waals surface area contributed by atoms with E-state index in [2.05, 4.69) is 4.98 Å². The Kier molecular flexibility index (Phi) is 3.95. The van der Waals surface area contributed by atoms with Crippen LogP contribution in [0.4, 0.5) is 0 Å². The fourth-order valence-corrected chi connectivity index (χ4v) is 3.21. The number of carbonyl (C=O) groups is 1. The average Bonchev–Trinajstić information content (AvgIpc) is 3.43. The Bertz CT molecular complexity index is 1050. The molecule has 6 nitrogen and oxygen atoms in total. The zero-order valence-electron chi connectivity index (χ0n) is 14.1. The largest absolute Gasteiger partial charge is 0.505 e. The van der Waals surface area contributed by atoms with E-state index in [0.29, 0.717) is 24.4 Å². The second kappa shape index (κ2) is 6.29. The van der Waals surface area contributed by atoms with Crippen LogP contribution in [0.3, 0.4) is 0 Å². The van der Waals surface area contributed by atoms with Crippen LogP contribution < -0.4 is 5.56 Å². The summed E-state index contributed by atoms with van der Waals surface area (Å²) in [6.45, 7) is 0.451. The highest BCUT2D eigenvalue weighted by Crippen LogP contribution is 2.33. The van der Waals surface area contributed by atoms with Crippen LogP contribution in [0.25, 0.3) is 11.0 Å². The first-order valence-corrected chi connectivity index (χ1v) is 8.56. The predicted octanol–water partition coefficient (Wildman–Crippen LogP) is 2.80. The van der Waals surface area contributed by atoms with E-state index in [-0.39, 0.29) is 5.52 Å². The number of aromatic hydroxyl groups is 1. The van der Waals surface area contributed by atoms with E-state index in [9.17, 15) is 19.8 Å². The first-order chi connectivity index (χ1) is 12.5. The number of aromatic carboxylic acids is 1. The molecular weight excluding hydrogens is 332 g/mol. The lowest BCUT2D eigenvalue weighted by atomic mass is 10.1. The molecule has 2 N–H and O–H groups in total. The van der Waals surface area contributed by atoms with Crippen molar-refractivity contribution in [1.29, 1.82) is 0 Å². The van der Waals surface area contributed by atoms with E-state index in [0.717, 1.165) is 24.0 Å². The fraction of sp³-hybridized carbons (Fsp3) is 0.250. The number of nitrogens with zero attached hydrogens (tertiary/aromatic N) is 2. The van der Waals surface area contributed by atoms with Gasteiger partial charge >= 0.3 is 5.97 Å². The molecule has 0 radical (unpaired) electrons. The Morgan fingerprint density at radius 1 is 1.19 bits per heavy atom. The third kappa shape index (κ3) is 2.94. The van der Waals surface area contributed by atoms with Gasteiger partial charge in [-0.25, -0.2) is 4.79 Å². The Balaban J connectivity index is 1.89. The normalized spacial score (nSPS) is 13.8. The lowest BCUT2D eigenvalue weighted by Gasteiger charge is -2.14. The van der Waals surface area contributed by atoms with Crippen molar-refractivity contribution >= 4 is 17.0 Å². The van der Waals surface area contributed by atoms with Gasteiger partial charge in [0.15, 0.2) is 11.3 Å². The van der Waals surface area contributed by atoms with Gasteiger partial charge in [0, 0.05) is 12.7 Å². The van der Waals surface area contributed by atoms with Crippen LogP contribution in [0.5, 0.6) is 5.75 Å². The minimum absolute atomic E-state index is 0.152. The van der Waals surface area contributed by atoms with Crippen LogP contribution in [0.2, 0.25) is 0 Å².